The summed E-state index contributed by atoms with van der Waals surface area (Å²) < 4.78 is 12.5. The van der Waals surface area contributed by atoms with Crippen molar-refractivity contribution in [3.05, 3.63) is 71.5 Å². The first-order valence-electron chi connectivity index (χ1n) is 7.92. The molecule has 0 aliphatic heterocycles. The summed E-state index contributed by atoms with van der Waals surface area (Å²) in [4.78, 5) is 0. The van der Waals surface area contributed by atoms with Crippen LogP contribution in [0.4, 0.5) is 0 Å². The van der Waals surface area contributed by atoms with Crippen LogP contribution in [0, 0.1) is 0 Å². The van der Waals surface area contributed by atoms with Gasteiger partial charge in [0.2, 0.25) is 0 Å². The van der Waals surface area contributed by atoms with Gasteiger partial charge in [0.25, 0.3) is 0 Å². The fourth-order valence-corrected chi connectivity index (χ4v) is 2.61. The van der Waals surface area contributed by atoms with Crippen LogP contribution in [0.25, 0.3) is 0 Å². The molecule has 0 unspecified atom stereocenters. The standard InChI is InChI=1S/C19H21N3O2/c1-23-18-11-9-15(12-19(18)24-2)8-10-17-14-22(21-20-17)13-16-6-4-3-5-7-16/h3-7,9,11-12,14H,8,10,13H2,1-2H3. The van der Waals surface area contributed by atoms with Crippen LogP contribution >= 0.6 is 0 Å². The minimum absolute atomic E-state index is 0.740. The van der Waals surface area contributed by atoms with Crippen LogP contribution in [0.1, 0.15) is 16.8 Å². The molecule has 1 heterocycles. The Morgan fingerprint density at radius 1 is 0.875 bits per heavy atom. The van der Waals surface area contributed by atoms with Crippen molar-refractivity contribution in [2.24, 2.45) is 0 Å². The Morgan fingerprint density at radius 3 is 2.42 bits per heavy atom. The minimum Gasteiger partial charge on any atom is -0.493 e. The van der Waals surface area contributed by atoms with Gasteiger partial charge in [-0.25, -0.2) is 4.68 Å². The van der Waals surface area contributed by atoms with Crippen LogP contribution in [0.3, 0.4) is 0 Å². The van der Waals surface area contributed by atoms with Crippen molar-refractivity contribution < 1.29 is 9.47 Å². The lowest BCUT2D eigenvalue weighted by Gasteiger charge is -2.09. The normalized spacial score (nSPS) is 10.6. The summed E-state index contributed by atoms with van der Waals surface area (Å²) in [6.07, 6.45) is 3.72. The predicted octanol–water partition coefficient (Wildman–Crippen LogP) is 3.13. The summed E-state index contributed by atoms with van der Waals surface area (Å²) in [6, 6.07) is 16.2. The number of aromatic nitrogens is 3. The molecule has 0 saturated carbocycles. The van der Waals surface area contributed by atoms with Crippen molar-refractivity contribution in [3.8, 4) is 11.5 Å². The Bertz CT molecular complexity index is 784. The Hall–Kier alpha value is -2.82. The van der Waals surface area contributed by atoms with Crippen LogP contribution < -0.4 is 9.47 Å². The van der Waals surface area contributed by atoms with E-state index in [0.29, 0.717) is 0 Å². The van der Waals surface area contributed by atoms with E-state index in [-0.39, 0.29) is 0 Å². The van der Waals surface area contributed by atoms with Crippen molar-refractivity contribution >= 4 is 0 Å². The molecule has 0 spiro atoms. The summed E-state index contributed by atoms with van der Waals surface area (Å²) in [5.41, 5.74) is 3.39. The monoisotopic (exact) mass is 323 g/mol. The first-order chi connectivity index (χ1) is 11.8. The minimum atomic E-state index is 0.740. The Balaban J connectivity index is 1.61. The molecule has 5 nitrogen and oxygen atoms in total. The van der Waals surface area contributed by atoms with Crippen LogP contribution in [-0.4, -0.2) is 29.2 Å². The second kappa shape index (κ2) is 7.64. The van der Waals surface area contributed by atoms with Crippen molar-refractivity contribution in [1.82, 2.24) is 15.0 Å². The van der Waals surface area contributed by atoms with Gasteiger partial charge in [0, 0.05) is 6.20 Å². The molecule has 3 aromatic rings. The molecule has 0 bridgehead atoms. The molecule has 0 radical (unpaired) electrons. The van der Waals surface area contributed by atoms with Gasteiger partial charge >= 0.3 is 0 Å². The first kappa shape index (κ1) is 16.1. The number of benzene rings is 2. The Morgan fingerprint density at radius 2 is 1.67 bits per heavy atom. The average Bonchev–Trinajstić information content (AvgIpc) is 3.08. The Labute approximate surface area is 141 Å². The van der Waals surface area contributed by atoms with Crippen LogP contribution in [0.5, 0.6) is 11.5 Å². The molecule has 0 aliphatic carbocycles. The van der Waals surface area contributed by atoms with E-state index >= 15 is 0 Å². The zero-order valence-electron chi connectivity index (χ0n) is 14.0. The van der Waals surface area contributed by atoms with Crippen molar-refractivity contribution in [3.63, 3.8) is 0 Å². The van der Waals surface area contributed by atoms with E-state index in [2.05, 4.69) is 28.5 Å². The number of ether oxygens (including phenoxy) is 2. The second-order valence-electron chi connectivity index (χ2n) is 5.58. The van der Waals surface area contributed by atoms with Gasteiger partial charge in [-0.2, -0.15) is 0 Å². The van der Waals surface area contributed by atoms with Gasteiger partial charge in [-0.3, -0.25) is 0 Å². The predicted molar refractivity (Wildman–Crippen MR) is 92.5 cm³/mol. The molecule has 24 heavy (non-hydrogen) atoms. The highest BCUT2D eigenvalue weighted by atomic mass is 16.5. The van der Waals surface area contributed by atoms with E-state index in [1.807, 2.05) is 41.2 Å². The SMILES string of the molecule is COc1ccc(CCc2cn(Cc3ccccc3)nn2)cc1OC. The summed E-state index contributed by atoms with van der Waals surface area (Å²) in [6.45, 7) is 0.740. The zero-order chi connectivity index (χ0) is 16.8. The van der Waals surface area contributed by atoms with E-state index in [4.69, 9.17) is 9.47 Å². The van der Waals surface area contributed by atoms with Gasteiger partial charge in [-0.15, -0.1) is 5.10 Å². The third kappa shape index (κ3) is 3.93. The molecule has 0 amide bonds. The maximum atomic E-state index is 5.34. The summed E-state index contributed by atoms with van der Waals surface area (Å²) in [7, 11) is 3.29. The van der Waals surface area contributed by atoms with E-state index in [1.165, 1.54) is 11.1 Å². The molecule has 0 saturated heterocycles. The lowest BCUT2D eigenvalue weighted by atomic mass is 10.1. The molecule has 0 fully saturated rings. The van der Waals surface area contributed by atoms with Crippen LogP contribution in [0.15, 0.2) is 54.7 Å². The molecule has 0 atom stereocenters. The zero-order valence-corrected chi connectivity index (χ0v) is 14.0. The fraction of sp³-hybridized carbons (Fsp3) is 0.263. The first-order valence-corrected chi connectivity index (χ1v) is 7.92. The van der Waals surface area contributed by atoms with Crippen molar-refractivity contribution in [1.29, 1.82) is 0 Å². The second-order valence-corrected chi connectivity index (χ2v) is 5.58. The largest absolute Gasteiger partial charge is 0.493 e. The molecule has 3 rings (SSSR count). The maximum absolute atomic E-state index is 5.34. The summed E-state index contributed by atoms with van der Waals surface area (Å²) in [5, 5.41) is 8.47. The number of methoxy groups -OCH3 is 2. The quantitative estimate of drug-likeness (QED) is 0.670. The molecular weight excluding hydrogens is 302 g/mol. The maximum Gasteiger partial charge on any atom is 0.160 e. The lowest BCUT2D eigenvalue weighted by molar-refractivity contribution is 0.354. The molecule has 5 heteroatoms. The molecule has 0 N–H and O–H groups in total. The van der Waals surface area contributed by atoms with E-state index < -0.39 is 0 Å². The van der Waals surface area contributed by atoms with Crippen LogP contribution in [0.2, 0.25) is 0 Å². The van der Waals surface area contributed by atoms with Crippen molar-refractivity contribution in [2.45, 2.75) is 19.4 Å². The highest BCUT2D eigenvalue weighted by molar-refractivity contribution is 5.43. The molecule has 124 valence electrons. The van der Waals surface area contributed by atoms with Crippen molar-refractivity contribution in [2.75, 3.05) is 14.2 Å². The van der Waals surface area contributed by atoms with E-state index in [9.17, 15) is 0 Å². The number of rotatable bonds is 7. The highest BCUT2D eigenvalue weighted by Crippen LogP contribution is 2.27. The van der Waals surface area contributed by atoms with Gasteiger partial charge in [0.1, 0.15) is 0 Å². The third-order valence-corrected chi connectivity index (χ3v) is 3.89. The Kier molecular flexibility index (Phi) is 5.11. The summed E-state index contributed by atoms with van der Waals surface area (Å²) >= 11 is 0. The molecule has 0 aliphatic rings. The topological polar surface area (TPSA) is 49.2 Å². The van der Waals surface area contributed by atoms with E-state index in [1.54, 1.807) is 14.2 Å². The summed E-state index contributed by atoms with van der Waals surface area (Å²) in [5.74, 6) is 1.50. The van der Waals surface area contributed by atoms with Gasteiger partial charge in [0.15, 0.2) is 11.5 Å². The molecular formula is C19H21N3O2. The van der Waals surface area contributed by atoms with E-state index in [0.717, 1.165) is 36.6 Å². The van der Waals surface area contributed by atoms with Gasteiger partial charge in [-0.05, 0) is 36.1 Å². The van der Waals surface area contributed by atoms with Crippen LogP contribution in [-0.2, 0) is 19.4 Å². The van der Waals surface area contributed by atoms with Gasteiger partial charge < -0.3 is 9.47 Å². The number of nitrogens with zero attached hydrogens (tertiary/aromatic N) is 3. The average molecular weight is 323 g/mol. The molecule has 1 aromatic heterocycles. The number of hydrogen-bond donors (Lipinski definition) is 0. The third-order valence-electron chi connectivity index (χ3n) is 3.89. The fourth-order valence-electron chi connectivity index (χ4n) is 2.61. The molecule has 2 aromatic carbocycles. The van der Waals surface area contributed by atoms with Gasteiger partial charge in [-0.1, -0.05) is 41.6 Å². The van der Waals surface area contributed by atoms with Gasteiger partial charge in [0.05, 0.1) is 26.5 Å². The highest BCUT2D eigenvalue weighted by Gasteiger charge is 2.06. The lowest BCUT2D eigenvalue weighted by Crippen LogP contribution is -1.99. The number of hydrogen-bond acceptors (Lipinski definition) is 4. The number of aryl methyl sites for hydroxylation is 2. The smallest absolute Gasteiger partial charge is 0.160 e.